The number of sulfonamides is 1. The molecule has 2 unspecified atom stereocenters. The van der Waals surface area contributed by atoms with Gasteiger partial charge in [-0.2, -0.15) is 4.31 Å². The largest absolute Gasteiger partial charge is 0.374 e. The van der Waals surface area contributed by atoms with Gasteiger partial charge in [-0.3, -0.25) is 0 Å². The van der Waals surface area contributed by atoms with Crippen molar-refractivity contribution < 1.29 is 13.2 Å². The van der Waals surface area contributed by atoms with Crippen LogP contribution in [0.4, 0.5) is 0 Å². The highest BCUT2D eigenvalue weighted by Gasteiger charge is 2.32. The molecule has 8 heteroatoms. The van der Waals surface area contributed by atoms with E-state index in [1.807, 2.05) is 6.92 Å². The van der Waals surface area contributed by atoms with Gasteiger partial charge >= 0.3 is 0 Å². The quantitative estimate of drug-likeness (QED) is 0.886. The summed E-state index contributed by atoms with van der Waals surface area (Å²) in [5.41, 5.74) is 5.76. The second kappa shape index (κ2) is 5.56. The fourth-order valence-corrected chi connectivity index (χ4v) is 5.35. The summed E-state index contributed by atoms with van der Waals surface area (Å²) in [5, 5.41) is 0. The predicted molar refractivity (Wildman–Crippen MR) is 74.2 cm³/mol. The normalized spacial score (nSPS) is 24.1. The number of hydrogen-bond acceptors (Lipinski definition) is 5. The van der Waals surface area contributed by atoms with Gasteiger partial charge in [0.15, 0.2) is 0 Å². The van der Waals surface area contributed by atoms with Crippen LogP contribution in [0.2, 0.25) is 0 Å². The number of hydrogen-bond donors (Lipinski definition) is 1. The van der Waals surface area contributed by atoms with Crippen molar-refractivity contribution in [2.24, 2.45) is 5.73 Å². The molecule has 18 heavy (non-hydrogen) atoms. The number of nitrogens with two attached hydrogens (primary N) is 1. The van der Waals surface area contributed by atoms with Crippen molar-refractivity contribution in [3.05, 3.63) is 15.9 Å². The van der Waals surface area contributed by atoms with Gasteiger partial charge < -0.3 is 10.5 Å². The monoisotopic (exact) mass is 354 g/mol. The minimum atomic E-state index is -3.42. The molecule has 1 fully saturated rings. The molecule has 1 aromatic heterocycles. The summed E-state index contributed by atoms with van der Waals surface area (Å²) < 4.78 is 32.8. The van der Waals surface area contributed by atoms with Crippen molar-refractivity contribution in [1.82, 2.24) is 4.31 Å². The Hall–Kier alpha value is 0.01000. The number of thiophene rings is 1. The summed E-state index contributed by atoms with van der Waals surface area (Å²) in [6, 6.07) is 3.17. The van der Waals surface area contributed by atoms with Crippen LogP contribution < -0.4 is 5.73 Å². The summed E-state index contributed by atoms with van der Waals surface area (Å²) in [7, 11) is -3.42. The molecule has 2 atom stereocenters. The summed E-state index contributed by atoms with van der Waals surface area (Å²) in [4.78, 5) is 0. The third-order valence-corrected chi connectivity index (χ3v) is 6.74. The molecule has 0 bridgehead atoms. The van der Waals surface area contributed by atoms with E-state index in [2.05, 4.69) is 15.9 Å². The molecule has 1 aliphatic heterocycles. The van der Waals surface area contributed by atoms with Crippen LogP contribution in [0.5, 0.6) is 0 Å². The molecule has 0 aromatic carbocycles. The molecule has 2 heterocycles. The van der Waals surface area contributed by atoms with Crippen LogP contribution in [0, 0.1) is 0 Å². The maximum Gasteiger partial charge on any atom is 0.252 e. The lowest BCUT2D eigenvalue weighted by molar-refractivity contribution is -0.0119. The minimum absolute atomic E-state index is 0.182. The molecule has 0 amide bonds. The topological polar surface area (TPSA) is 72.6 Å². The number of rotatable bonds is 3. The Bertz CT molecular complexity index is 515. The maximum atomic E-state index is 12.4. The summed E-state index contributed by atoms with van der Waals surface area (Å²) in [5.74, 6) is 0. The van der Waals surface area contributed by atoms with E-state index >= 15 is 0 Å². The molecular weight excluding hydrogens is 340 g/mol. The Morgan fingerprint density at radius 1 is 1.61 bits per heavy atom. The third-order valence-electron chi connectivity index (χ3n) is 2.79. The summed E-state index contributed by atoms with van der Waals surface area (Å²) in [6.07, 6.45) is -0.239. The lowest BCUT2D eigenvalue weighted by atomic mass is 10.2. The SMILES string of the molecule is CC(N)C1CN(S(=O)(=O)c2ccc(Br)s2)CCO1. The highest BCUT2D eigenvalue weighted by molar-refractivity contribution is 9.11. The van der Waals surface area contributed by atoms with Crippen molar-refractivity contribution in [3.8, 4) is 0 Å². The van der Waals surface area contributed by atoms with Crippen LogP contribution in [0.1, 0.15) is 6.92 Å². The van der Waals surface area contributed by atoms with Crippen LogP contribution in [-0.2, 0) is 14.8 Å². The highest BCUT2D eigenvalue weighted by atomic mass is 79.9. The highest BCUT2D eigenvalue weighted by Crippen LogP contribution is 2.29. The van der Waals surface area contributed by atoms with Crippen molar-refractivity contribution in [1.29, 1.82) is 0 Å². The van der Waals surface area contributed by atoms with E-state index in [9.17, 15) is 8.42 Å². The van der Waals surface area contributed by atoms with E-state index < -0.39 is 10.0 Å². The predicted octanol–water partition coefficient (Wildman–Crippen LogP) is 1.25. The van der Waals surface area contributed by atoms with E-state index in [1.54, 1.807) is 12.1 Å². The lowest BCUT2D eigenvalue weighted by Gasteiger charge is -2.33. The second-order valence-corrected chi connectivity index (χ2v) is 8.82. The van der Waals surface area contributed by atoms with Crippen LogP contribution in [-0.4, -0.2) is 44.6 Å². The minimum Gasteiger partial charge on any atom is -0.374 e. The molecule has 0 spiro atoms. The van der Waals surface area contributed by atoms with Gasteiger partial charge in [0.2, 0.25) is 0 Å². The average molecular weight is 355 g/mol. The van der Waals surface area contributed by atoms with Crippen LogP contribution >= 0.6 is 27.3 Å². The molecule has 1 aromatic rings. The fourth-order valence-electron chi connectivity index (χ4n) is 1.75. The van der Waals surface area contributed by atoms with Gasteiger partial charge in [0, 0.05) is 19.1 Å². The summed E-state index contributed by atoms with van der Waals surface area (Å²) in [6.45, 7) is 2.90. The smallest absolute Gasteiger partial charge is 0.252 e. The van der Waals surface area contributed by atoms with Gasteiger partial charge in [-0.25, -0.2) is 8.42 Å². The number of ether oxygens (including phenoxy) is 1. The Morgan fingerprint density at radius 2 is 2.33 bits per heavy atom. The molecule has 0 aliphatic carbocycles. The first-order valence-corrected chi connectivity index (χ1v) is 8.59. The first-order valence-electron chi connectivity index (χ1n) is 5.54. The molecule has 102 valence electrons. The van der Waals surface area contributed by atoms with E-state index in [0.29, 0.717) is 23.9 Å². The van der Waals surface area contributed by atoms with Crippen LogP contribution in [0.15, 0.2) is 20.1 Å². The Balaban J connectivity index is 2.20. The number of halogens is 1. The van der Waals surface area contributed by atoms with Crippen molar-refractivity contribution in [3.63, 3.8) is 0 Å². The van der Waals surface area contributed by atoms with E-state index in [4.69, 9.17) is 10.5 Å². The standard InChI is InChI=1S/C10H15BrN2O3S2/c1-7(12)8-6-13(4-5-16-8)18(14,15)10-3-2-9(11)17-10/h2-3,7-8H,4-6,12H2,1H3. The zero-order valence-electron chi connectivity index (χ0n) is 9.87. The van der Waals surface area contributed by atoms with Gasteiger partial charge in [-0.15, -0.1) is 11.3 Å². The molecule has 1 saturated heterocycles. The molecular formula is C10H15BrN2O3S2. The zero-order chi connectivity index (χ0) is 13.3. The Morgan fingerprint density at radius 3 is 2.89 bits per heavy atom. The number of morpholine rings is 1. The van der Waals surface area contributed by atoms with Crippen LogP contribution in [0.3, 0.4) is 0 Å². The van der Waals surface area contributed by atoms with Crippen molar-refractivity contribution in [2.45, 2.75) is 23.3 Å². The molecule has 2 N–H and O–H groups in total. The first-order chi connectivity index (χ1) is 8.41. The van der Waals surface area contributed by atoms with Gasteiger partial charge in [-0.05, 0) is 35.0 Å². The van der Waals surface area contributed by atoms with E-state index in [1.165, 1.54) is 15.6 Å². The summed E-state index contributed by atoms with van der Waals surface area (Å²) >= 11 is 4.49. The van der Waals surface area contributed by atoms with E-state index in [0.717, 1.165) is 3.79 Å². The van der Waals surface area contributed by atoms with E-state index in [-0.39, 0.29) is 12.1 Å². The second-order valence-electron chi connectivity index (χ2n) is 4.19. The fraction of sp³-hybridized carbons (Fsp3) is 0.600. The Kier molecular flexibility index (Phi) is 4.45. The average Bonchev–Trinajstić information content (AvgIpc) is 2.77. The molecule has 1 aliphatic rings. The molecule has 0 saturated carbocycles. The molecule has 0 radical (unpaired) electrons. The zero-order valence-corrected chi connectivity index (χ0v) is 13.1. The molecule has 2 rings (SSSR count). The first kappa shape index (κ1) is 14.4. The lowest BCUT2D eigenvalue weighted by Crippen LogP contribution is -2.51. The Labute approximate surface area is 119 Å². The molecule has 5 nitrogen and oxygen atoms in total. The van der Waals surface area contributed by atoms with Crippen LogP contribution in [0.25, 0.3) is 0 Å². The van der Waals surface area contributed by atoms with Gasteiger partial charge in [0.1, 0.15) is 4.21 Å². The van der Waals surface area contributed by atoms with Gasteiger partial charge in [0.25, 0.3) is 10.0 Å². The third kappa shape index (κ3) is 2.94. The van der Waals surface area contributed by atoms with Gasteiger partial charge in [0.05, 0.1) is 16.5 Å². The number of nitrogens with zero attached hydrogens (tertiary/aromatic N) is 1. The van der Waals surface area contributed by atoms with Gasteiger partial charge in [-0.1, -0.05) is 0 Å². The van der Waals surface area contributed by atoms with Crippen molar-refractivity contribution in [2.75, 3.05) is 19.7 Å². The van der Waals surface area contributed by atoms with Crippen molar-refractivity contribution >= 4 is 37.3 Å². The maximum absolute atomic E-state index is 12.4.